The van der Waals surface area contributed by atoms with Gasteiger partial charge in [0, 0.05) is 61.7 Å². The lowest BCUT2D eigenvalue weighted by Crippen LogP contribution is -2.09. The summed E-state index contributed by atoms with van der Waals surface area (Å²) >= 11 is 0. The zero-order valence-corrected chi connectivity index (χ0v) is 27.4. The monoisotopic (exact) mass is 652 g/mol. The maximum absolute atomic E-state index is 6.53. The molecule has 4 heteroatoms. The fraction of sp³-hybridized carbons (Fsp3) is 0. The molecule has 0 atom stereocenters. The lowest BCUT2D eigenvalue weighted by atomic mass is 10.0. The number of para-hydroxylation sites is 1. The first-order valence-electron chi connectivity index (χ1n) is 17.2. The van der Waals surface area contributed by atoms with Crippen LogP contribution in [-0.4, -0.2) is 4.98 Å². The topological polar surface area (TPSA) is 42.4 Å². The summed E-state index contributed by atoms with van der Waals surface area (Å²) in [5, 5.41) is 10.4. The van der Waals surface area contributed by atoms with Gasteiger partial charge in [0.25, 0.3) is 0 Å². The van der Waals surface area contributed by atoms with Gasteiger partial charge < -0.3 is 13.7 Å². The normalized spacial score (nSPS) is 11.9. The van der Waals surface area contributed by atoms with Gasteiger partial charge in [-0.15, -0.1) is 0 Å². The summed E-state index contributed by atoms with van der Waals surface area (Å²) in [7, 11) is 0. The Hall–Kier alpha value is -6.91. The standard InChI is InChI=1S/C47H28N2O2/c1-4-10-36-29(7-1)16-25-42-46(36)38-22-20-34(27-44(38)50-42)49(33-18-13-32(14-19-33)41-24-15-31-9-3-6-12-40(31)48-41)35-21-23-39-45(28-35)51-43-26-17-30-8-2-5-11-37(30)47(39)43/h1-28H. The third kappa shape index (κ3) is 4.37. The average molecular weight is 653 g/mol. The number of aromatic nitrogens is 1. The molecule has 0 N–H and O–H groups in total. The van der Waals surface area contributed by atoms with E-state index in [4.69, 9.17) is 13.8 Å². The molecular weight excluding hydrogens is 625 g/mol. The molecule has 0 spiro atoms. The highest BCUT2D eigenvalue weighted by Gasteiger charge is 2.19. The van der Waals surface area contributed by atoms with Crippen LogP contribution >= 0.6 is 0 Å². The molecule has 11 aromatic rings. The summed E-state index contributed by atoms with van der Waals surface area (Å²) in [4.78, 5) is 7.22. The van der Waals surface area contributed by atoms with Crippen LogP contribution in [0.4, 0.5) is 17.1 Å². The highest BCUT2D eigenvalue weighted by Crippen LogP contribution is 2.43. The van der Waals surface area contributed by atoms with E-state index in [0.29, 0.717) is 0 Å². The van der Waals surface area contributed by atoms with E-state index in [1.807, 2.05) is 12.1 Å². The van der Waals surface area contributed by atoms with Gasteiger partial charge in [0.1, 0.15) is 22.3 Å². The maximum atomic E-state index is 6.53. The van der Waals surface area contributed by atoms with Gasteiger partial charge >= 0.3 is 0 Å². The third-order valence-corrected chi connectivity index (χ3v) is 10.2. The summed E-state index contributed by atoms with van der Waals surface area (Å²) in [5.41, 5.74) is 9.44. The van der Waals surface area contributed by atoms with Crippen molar-refractivity contribution in [3.63, 3.8) is 0 Å². The molecule has 8 aromatic carbocycles. The molecule has 4 nitrogen and oxygen atoms in total. The van der Waals surface area contributed by atoms with Crippen LogP contribution in [-0.2, 0) is 0 Å². The van der Waals surface area contributed by atoms with Crippen LogP contribution < -0.4 is 4.90 Å². The molecule has 0 fully saturated rings. The number of rotatable bonds is 4. The number of fused-ring (bicyclic) bond motifs is 11. The Bertz CT molecular complexity index is 3000. The van der Waals surface area contributed by atoms with Crippen LogP contribution in [0, 0.1) is 0 Å². The van der Waals surface area contributed by atoms with Gasteiger partial charge in [-0.2, -0.15) is 0 Å². The molecule has 0 aliphatic rings. The first-order valence-corrected chi connectivity index (χ1v) is 17.2. The van der Waals surface area contributed by atoms with Crippen molar-refractivity contribution < 1.29 is 8.83 Å². The first kappa shape index (κ1) is 28.0. The molecule has 0 bridgehead atoms. The molecule has 51 heavy (non-hydrogen) atoms. The van der Waals surface area contributed by atoms with Gasteiger partial charge in [0.15, 0.2) is 0 Å². The van der Waals surface area contributed by atoms with E-state index in [9.17, 15) is 0 Å². The fourth-order valence-electron chi connectivity index (χ4n) is 7.80. The van der Waals surface area contributed by atoms with E-state index in [1.165, 1.54) is 21.5 Å². The Morgan fingerprint density at radius 3 is 1.49 bits per heavy atom. The van der Waals surface area contributed by atoms with E-state index in [1.54, 1.807) is 0 Å². The summed E-state index contributed by atoms with van der Waals surface area (Å²) in [6.45, 7) is 0. The van der Waals surface area contributed by atoms with Crippen LogP contribution in [0.2, 0.25) is 0 Å². The van der Waals surface area contributed by atoms with Gasteiger partial charge in [-0.1, -0.05) is 97.1 Å². The van der Waals surface area contributed by atoms with E-state index in [2.05, 4.69) is 163 Å². The molecule has 11 rings (SSSR count). The van der Waals surface area contributed by atoms with Gasteiger partial charge in [-0.05, 0) is 82.2 Å². The largest absolute Gasteiger partial charge is 0.456 e. The van der Waals surface area contributed by atoms with Crippen molar-refractivity contribution in [2.45, 2.75) is 0 Å². The molecule has 0 radical (unpaired) electrons. The Labute approximate surface area is 292 Å². The summed E-state index contributed by atoms with van der Waals surface area (Å²) in [6, 6.07) is 59.5. The second-order valence-electron chi connectivity index (χ2n) is 13.2. The van der Waals surface area contributed by atoms with Gasteiger partial charge in [0.05, 0.1) is 11.2 Å². The van der Waals surface area contributed by atoms with Crippen LogP contribution in [0.3, 0.4) is 0 Å². The number of anilines is 3. The van der Waals surface area contributed by atoms with E-state index < -0.39 is 0 Å². The highest BCUT2D eigenvalue weighted by atomic mass is 16.3. The molecule has 0 aliphatic heterocycles. The van der Waals surface area contributed by atoms with Crippen LogP contribution in [0.1, 0.15) is 0 Å². The zero-order chi connectivity index (χ0) is 33.5. The third-order valence-electron chi connectivity index (χ3n) is 10.2. The summed E-state index contributed by atoms with van der Waals surface area (Å²) < 4.78 is 13.1. The van der Waals surface area contributed by atoms with Gasteiger partial charge in [-0.25, -0.2) is 4.98 Å². The number of hydrogen-bond acceptors (Lipinski definition) is 4. The van der Waals surface area contributed by atoms with Gasteiger partial charge in [0.2, 0.25) is 0 Å². The minimum Gasteiger partial charge on any atom is -0.456 e. The van der Waals surface area contributed by atoms with Crippen molar-refractivity contribution >= 4 is 93.4 Å². The second-order valence-corrected chi connectivity index (χ2v) is 13.2. The molecule has 3 heterocycles. The number of pyridine rings is 1. The molecule has 238 valence electrons. The van der Waals surface area contributed by atoms with Crippen molar-refractivity contribution in [3.8, 4) is 11.3 Å². The average Bonchev–Trinajstić information content (AvgIpc) is 3.76. The second kappa shape index (κ2) is 10.8. The highest BCUT2D eigenvalue weighted by molar-refractivity contribution is 6.20. The Kier molecular flexibility index (Phi) is 5.92. The molecule has 3 aromatic heterocycles. The summed E-state index contributed by atoms with van der Waals surface area (Å²) in [6.07, 6.45) is 0. The maximum Gasteiger partial charge on any atom is 0.137 e. The SMILES string of the molecule is c1ccc2nc(-c3ccc(N(c4ccc5c(c4)oc4ccc6ccccc6c45)c4ccc5c(c4)oc4ccc6ccccc6c45)cc3)ccc2c1. The van der Waals surface area contributed by atoms with E-state index in [-0.39, 0.29) is 0 Å². The first-order chi connectivity index (χ1) is 25.2. The molecule has 0 saturated heterocycles. The number of nitrogens with zero attached hydrogens (tertiary/aromatic N) is 2. The van der Waals surface area contributed by atoms with Crippen LogP contribution in [0.5, 0.6) is 0 Å². The smallest absolute Gasteiger partial charge is 0.137 e. The minimum atomic E-state index is 0.845. The van der Waals surface area contributed by atoms with Crippen molar-refractivity contribution in [2.24, 2.45) is 0 Å². The number of benzene rings is 8. The number of furan rings is 2. The van der Waals surface area contributed by atoms with Crippen molar-refractivity contribution in [1.82, 2.24) is 4.98 Å². The Morgan fingerprint density at radius 1 is 0.373 bits per heavy atom. The lowest BCUT2D eigenvalue weighted by Gasteiger charge is -2.25. The zero-order valence-electron chi connectivity index (χ0n) is 27.4. The van der Waals surface area contributed by atoms with Gasteiger partial charge in [-0.3, -0.25) is 0 Å². The van der Waals surface area contributed by atoms with Crippen molar-refractivity contribution in [1.29, 1.82) is 0 Å². The molecule has 0 saturated carbocycles. The number of hydrogen-bond donors (Lipinski definition) is 0. The molecule has 0 unspecified atom stereocenters. The van der Waals surface area contributed by atoms with Crippen LogP contribution in [0.25, 0.3) is 87.6 Å². The Balaban J connectivity index is 1.09. The molecule has 0 amide bonds. The molecular formula is C47H28N2O2. The fourth-order valence-corrected chi connectivity index (χ4v) is 7.80. The lowest BCUT2D eigenvalue weighted by molar-refractivity contribution is 0.669. The minimum absolute atomic E-state index is 0.845. The van der Waals surface area contributed by atoms with Crippen LogP contribution in [0.15, 0.2) is 179 Å². The quantitative estimate of drug-likeness (QED) is 0.190. The predicted octanol–water partition coefficient (Wildman–Crippen LogP) is 13.5. The predicted molar refractivity (Wildman–Crippen MR) is 211 cm³/mol. The summed E-state index contributed by atoms with van der Waals surface area (Å²) in [5.74, 6) is 0. The van der Waals surface area contributed by atoms with Crippen molar-refractivity contribution in [3.05, 3.63) is 170 Å². The van der Waals surface area contributed by atoms with Crippen molar-refractivity contribution in [2.75, 3.05) is 4.90 Å². The van der Waals surface area contributed by atoms with E-state index in [0.717, 1.165) is 83.1 Å². The Morgan fingerprint density at radius 2 is 0.882 bits per heavy atom. The molecule has 0 aliphatic carbocycles. The van der Waals surface area contributed by atoms with E-state index >= 15 is 0 Å².